The van der Waals surface area contributed by atoms with Crippen molar-refractivity contribution in [1.29, 1.82) is 0 Å². The predicted octanol–water partition coefficient (Wildman–Crippen LogP) is 4.29. The van der Waals surface area contributed by atoms with Gasteiger partial charge >= 0.3 is 0 Å². The first-order valence-electron chi connectivity index (χ1n) is 9.22. The van der Waals surface area contributed by atoms with Gasteiger partial charge in [-0.1, -0.05) is 36.4 Å². The Morgan fingerprint density at radius 1 is 1.04 bits per heavy atom. The van der Waals surface area contributed by atoms with Gasteiger partial charge in [0.2, 0.25) is 0 Å². The minimum Gasteiger partial charge on any atom is -0.490 e. The SMILES string of the molecule is c1ccc(SNCc2cccc(-c3cncc(OCC4CCN4)c3)c2)cc1. The third-order valence-corrected chi connectivity index (χ3v) is 5.36. The second-order valence-corrected chi connectivity index (χ2v) is 7.56. The smallest absolute Gasteiger partial charge is 0.138 e. The van der Waals surface area contributed by atoms with Crippen LogP contribution in [-0.4, -0.2) is 24.2 Å². The molecular weight excluding hydrogens is 354 g/mol. The molecule has 2 heterocycles. The molecule has 2 N–H and O–H groups in total. The van der Waals surface area contributed by atoms with E-state index < -0.39 is 0 Å². The van der Waals surface area contributed by atoms with Crippen LogP contribution in [-0.2, 0) is 6.54 Å². The van der Waals surface area contributed by atoms with Crippen LogP contribution in [0.25, 0.3) is 11.1 Å². The number of hydrogen-bond acceptors (Lipinski definition) is 5. The number of pyridine rings is 1. The average molecular weight is 378 g/mol. The molecule has 0 bridgehead atoms. The van der Waals surface area contributed by atoms with Crippen LogP contribution in [0, 0.1) is 0 Å². The van der Waals surface area contributed by atoms with Gasteiger partial charge in [-0.25, -0.2) is 0 Å². The lowest BCUT2D eigenvalue weighted by molar-refractivity contribution is 0.217. The largest absolute Gasteiger partial charge is 0.490 e. The van der Waals surface area contributed by atoms with E-state index in [9.17, 15) is 0 Å². The number of rotatable bonds is 8. The van der Waals surface area contributed by atoms with Gasteiger partial charge < -0.3 is 10.1 Å². The maximum atomic E-state index is 5.88. The number of nitrogens with one attached hydrogen (secondary N) is 2. The highest BCUT2D eigenvalue weighted by Crippen LogP contribution is 2.24. The lowest BCUT2D eigenvalue weighted by Crippen LogP contribution is -2.46. The molecule has 0 amide bonds. The molecule has 1 aromatic heterocycles. The Morgan fingerprint density at radius 2 is 1.93 bits per heavy atom. The second kappa shape index (κ2) is 9.04. The van der Waals surface area contributed by atoms with Gasteiger partial charge in [-0.05, 0) is 60.3 Å². The molecule has 1 aliphatic heterocycles. The van der Waals surface area contributed by atoms with Crippen LogP contribution < -0.4 is 14.8 Å². The van der Waals surface area contributed by atoms with E-state index in [1.165, 1.54) is 16.9 Å². The van der Waals surface area contributed by atoms with Crippen molar-refractivity contribution in [2.45, 2.75) is 23.9 Å². The molecule has 0 saturated carbocycles. The molecule has 0 aliphatic carbocycles. The fourth-order valence-corrected chi connectivity index (χ4v) is 3.59. The Hall–Kier alpha value is -2.34. The average Bonchev–Trinajstić information content (AvgIpc) is 2.68. The molecule has 0 radical (unpaired) electrons. The van der Waals surface area contributed by atoms with Crippen LogP contribution in [0.5, 0.6) is 5.75 Å². The summed E-state index contributed by atoms with van der Waals surface area (Å²) in [5, 5.41) is 3.35. The standard InChI is InChI=1S/C22H23N3OS/c1-2-7-22(8-3-1)27-25-13-17-5-4-6-18(11-17)19-12-21(15-23-14-19)26-16-20-9-10-24-20/h1-8,11-12,14-15,20,24-25H,9-10,13,16H2. The molecule has 1 fully saturated rings. The third-order valence-electron chi connectivity index (χ3n) is 4.56. The molecule has 1 atom stereocenters. The van der Waals surface area contributed by atoms with Crippen molar-refractivity contribution in [1.82, 2.24) is 15.0 Å². The van der Waals surface area contributed by atoms with Gasteiger partial charge in [-0.3, -0.25) is 9.71 Å². The summed E-state index contributed by atoms with van der Waals surface area (Å²) in [6, 6.07) is 21.4. The lowest BCUT2D eigenvalue weighted by Gasteiger charge is -2.27. The molecule has 1 aliphatic rings. The molecule has 2 aromatic carbocycles. The molecule has 4 nitrogen and oxygen atoms in total. The van der Waals surface area contributed by atoms with E-state index >= 15 is 0 Å². The molecule has 1 unspecified atom stereocenters. The monoisotopic (exact) mass is 377 g/mol. The predicted molar refractivity (Wildman–Crippen MR) is 111 cm³/mol. The lowest BCUT2D eigenvalue weighted by atomic mass is 10.0. The maximum absolute atomic E-state index is 5.88. The van der Waals surface area contributed by atoms with Gasteiger partial charge in [0.25, 0.3) is 0 Å². The van der Waals surface area contributed by atoms with E-state index in [2.05, 4.69) is 57.5 Å². The van der Waals surface area contributed by atoms with Crippen molar-refractivity contribution in [3.05, 3.63) is 78.6 Å². The maximum Gasteiger partial charge on any atom is 0.138 e. The number of aromatic nitrogens is 1. The van der Waals surface area contributed by atoms with Crippen LogP contribution in [0.2, 0.25) is 0 Å². The van der Waals surface area contributed by atoms with Gasteiger partial charge in [0.1, 0.15) is 12.4 Å². The van der Waals surface area contributed by atoms with Crippen molar-refractivity contribution in [2.75, 3.05) is 13.2 Å². The Kier molecular flexibility index (Phi) is 6.04. The molecular formula is C22H23N3OS. The van der Waals surface area contributed by atoms with Crippen LogP contribution in [0.15, 0.2) is 78.0 Å². The Balaban J connectivity index is 1.37. The van der Waals surface area contributed by atoms with Gasteiger partial charge in [0, 0.05) is 29.2 Å². The zero-order chi connectivity index (χ0) is 18.3. The van der Waals surface area contributed by atoms with Crippen LogP contribution >= 0.6 is 11.9 Å². The first-order valence-corrected chi connectivity index (χ1v) is 10.0. The van der Waals surface area contributed by atoms with E-state index in [1.54, 1.807) is 18.1 Å². The van der Waals surface area contributed by atoms with Crippen molar-refractivity contribution < 1.29 is 4.74 Å². The highest BCUT2D eigenvalue weighted by molar-refractivity contribution is 7.97. The third kappa shape index (κ3) is 5.10. The van der Waals surface area contributed by atoms with Crippen molar-refractivity contribution in [3.63, 3.8) is 0 Å². The van der Waals surface area contributed by atoms with Gasteiger partial charge in [0.15, 0.2) is 0 Å². The Labute approximate surface area is 164 Å². The first-order chi connectivity index (χ1) is 13.4. The second-order valence-electron chi connectivity index (χ2n) is 6.60. The van der Waals surface area contributed by atoms with Crippen LogP contribution in [0.4, 0.5) is 0 Å². The van der Waals surface area contributed by atoms with Crippen LogP contribution in [0.3, 0.4) is 0 Å². The number of nitrogens with zero attached hydrogens (tertiary/aromatic N) is 1. The van der Waals surface area contributed by atoms with Crippen molar-refractivity contribution in [2.24, 2.45) is 0 Å². The number of benzene rings is 2. The summed E-state index contributed by atoms with van der Waals surface area (Å²) >= 11 is 1.65. The molecule has 138 valence electrons. The molecule has 3 aromatic rings. The normalized spacial score (nSPS) is 15.9. The highest BCUT2D eigenvalue weighted by atomic mass is 32.2. The number of hydrogen-bond donors (Lipinski definition) is 2. The molecule has 0 spiro atoms. The van der Waals surface area contributed by atoms with Gasteiger partial charge in [-0.2, -0.15) is 0 Å². The summed E-state index contributed by atoms with van der Waals surface area (Å²) in [5.41, 5.74) is 3.46. The Bertz CT molecular complexity index is 868. The molecule has 4 rings (SSSR count). The first kappa shape index (κ1) is 18.0. The van der Waals surface area contributed by atoms with Gasteiger partial charge in [0.05, 0.1) is 6.20 Å². The summed E-state index contributed by atoms with van der Waals surface area (Å²) in [5.74, 6) is 0.823. The quantitative estimate of drug-likeness (QED) is 0.574. The fourth-order valence-electron chi connectivity index (χ4n) is 2.90. The number of ether oxygens (including phenoxy) is 1. The fraction of sp³-hybridized carbons (Fsp3) is 0.227. The summed E-state index contributed by atoms with van der Waals surface area (Å²) in [7, 11) is 0. The molecule has 5 heteroatoms. The zero-order valence-electron chi connectivity index (χ0n) is 15.1. The molecule has 1 saturated heterocycles. The zero-order valence-corrected chi connectivity index (χ0v) is 15.9. The van der Waals surface area contributed by atoms with E-state index in [0.29, 0.717) is 12.6 Å². The Morgan fingerprint density at radius 3 is 2.74 bits per heavy atom. The van der Waals surface area contributed by atoms with Crippen LogP contribution in [0.1, 0.15) is 12.0 Å². The highest BCUT2D eigenvalue weighted by Gasteiger charge is 2.16. The summed E-state index contributed by atoms with van der Waals surface area (Å²) in [4.78, 5) is 5.56. The van der Waals surface area contributed by atoms with E-state index in [-0.39, 0.29) is 0 Å². The van der Waals surface area contributed by atoms with E-state index in [1.807, 2.05) is 24.4 Å². The van der Waals surface area contributed by atoms with Crippen molar-refractivity contribution >= 4 is 11.9 Å². The summed E-state index contributed by atoms with van der Waals surface area (Å²) in [6.07, 6.45) is 4.85. The summed E-state index contributed by atoms with van der Waals surface area (Å²) < 4.78 is 9.30. The summed E-state index contributed by atoms with van der Waals surface area (Å²) in [6.45, 7) is 2.59. The van der Waals surface area contributed by atoms with Gasteiger partial charge in [-0.15, -0.1) is 0 Å². The topological polar surface area (TPSA) is 46.2 Å². The minimum absolute atomic E-state index is 0.477. The van der Waals surface area contributed by atoms with Crippen molar-refractivity contribution in [3.8, 4) is 16.9 Å². The molecule has 27 heavy (non-hydrogen) atoms. The minimum atomic E-state index is 0.477. The van der Waals surface area contributed by atoms with E-state index in [0.717, 1.165) is 30.0 Å². The van der Waals surface area contributed by atoms with E-state index in [4.69, 9.17) is 4.74 Å².